The Morgan fingerprint density at radius 2 is 2.30 bits per heavy atom. The number of hydrogen-bond donors (Lipinski definition) is 2. The summed E-state index contributed by atoms with van der Waals surface area (Å²) >= 11 is 0. The second-order valence-electron chi connectivity index (χ2n) is 4.44. The van der Waals surface area contributed by atoms with Gasteiger partial charge in [-0.05, 0) is 18.9 Å². The van der Waals surface area contributed by atoms with Gasteiger partial charge >= 0.3 is 0 Å². The largest absolute Gasteiger partial charge is 0.364 e. The fourth-order valence-electron chi connectivity index (χ4n) is 2.06. The van der Waals surface area contributed by atoms with Gasteiger partial charge in [-0.2, -0.15) is 0 Å². The molecule has 1 aromatic carbocycles. The van der Waals surface area contributed by atoms with Crippen molar-refractivity contribution in [2.75, 3.05) is 11.9 Å². The van der Waals surface area contributed by atoms with E-state index in [1.807, 2.05) is 0 Å². The Kier molecular flexibility index (Phi) is 4.26. The van der Waals surface area contributed by atoms with E-state index in [0.717, 1.165) is 12.1 Å². The fraction of sp³-hybridized carbons (Fsp3) is 0.417. The van der Waals surface area contributed by atoms with Gasteiger partial charge in [0.2, 0.25) is 0 Å². The quantitative estimate of drug-likeness (QED) is 0.637. The van der Waals surface area contributed by atoms with E-state index in [2.05, 4.69) is 5.32 Å². The van der Waals surface area contributed by atoms with Gasteiger partial charge in [0.1, 0.15) is 6.10 Å². The van der Waals surface area contributed by atoms with E-state index < -0.39 is 34.1 Å². The van der Waals surface area contributed by atoms with Crippen molar-refractivity contribution >= 4 is 17.3 Å². The number of nitro groups is 1. The van der Waals surface area contributed by atoms with Crippen LogP contribution in [-0.4, -0.2) is 29.6 Å². The first-order valence-electron chi connectivity index (χ1n) is 6.12. The maximum Gasteiger partial charge on any atom is 0.295 e. The minimum Gasteiger partial charge on any atom is -0.364 e. The lowest BCUT2D eigenvalue weighted by Crippen LogP contribution is -2.30. The van der Waals surface area contributed by atoms with Gasteiger partial charge in [0, 0.05) is 12.6 Å². The van der Waals surface area contributed by atoms with Crippen molar-refractivity contribution in [1.82, 2.24) is 0 Å². The first-order valence-corrected chi connectivity index (χ1v) is 6.12. The zero-order chi connectivity index (χ0) is 14.7. The lowest BCUT2D eigenvalue weighted by atomic mass is 10.2. The Bertz CT molecular complexity index is 537. The molecule has 1 saturated heterocycles. The first-order chi connectivity index (χ1) is 9.52. The minimum atomic E-state index is -0.860. The Morgan fingerprint density at radius 1 is 1.55 bits per heavy atom. The summed E-state index contributed by atoms with van der Waals surface area (Å²) in [6, 6.07) is 3.37. The number of hydrogen-bond acceptors (Lipinski definition) is 5. The number of nitrogens with two attached hydrogens (primary N) is 1. The topological polar surface area (TPSA) is 107 Å². The van der Waals surface area contributed by atoms with Gasteiger partial charge < -0.3 is 15.8 Å². The third-order valence-corrected chi connectivity index (χ3v) is 3.10. The summed E-state index contributed by atoms with van der Waals surface area (Å²) in [7, 11) is 0. The number of nitro benzene ring substituents is 1. The van der Waals surface area contributed by atoms with Gasteiger partial charge in [0.05, 0.1) is 11.0 Å². The molecule has 2 unspecified atom stereocenters. The van der Waals surface area contributed by atoms with Crippen LogP contribution in [-0.2, 0) is 9.53 Å². The number of halogens is 1. The summed E-state index contributed by atoms with van der Waals surface area (Å²) in [6.07, 6.45) is 0.119. The highest BCUT2D eigenvalue weighted by atomic mass is 19.1. The third-order valence-electron chi connectivity index (χ3n) is 3.10. The number of nitrogens with one attached hydrogen (secondary N) is 1. The van der Waals surface area contributed by atoms with E-state index in [0.29, 0.717) is 19.4 Å². The summed E-state index contributed by atoms with van der Waals surface area (Å²) < 4.78 is 19.0. The zero-order valence-electron chi connectivity index (χ0n) is 10.5. The normalized spacial score (nSPS) is 21.7. The molecular weight excluding hydrogens is 269 g/mol. The molecule has 2 atom stereocenters. The lowest BCUT2D eigenvalue weighted by Gasteiger charge is -2.13. The molecule has 3 N–H and O–H groups in total. The molecule has 1 aliphatic rings. The van der Waals surface area contributed by atoms with Crippen molar-refractivity contribution in [1.29, 1.82) is 0 Å². The minimum absolute atomic E-state index is 0.207. The average Bonchev–Trinajstić information content (AvgIpc) is 2.89. The number of nitrogens with zero attached hydrogens (tertiary/aromatic N) is 1. The van der Waals surface area contributed by atoms with Gasteiger partial charge in [-0.15, -0.1) is 0 Å². The van der Waals surface area contributed by atoms with Gasteiger partial charge in [-0.3, -0.25) is 14.9 Å². The average molecular weight is 283 g/mol. The predicted octanol–water partition coefficient (Wildman–Crippen LogP) is 1.18. The van der Waals surface area contributed by atoms with Crippen LogP contribution in [0.15, 0.2) is 18.2 Å². The van der Waals surface area contributed by atoms with E-state index in [1.165, 1.54) is 6.07 Å². The highest BCUT2D eigenvalue weighted by Gasteiger charge is 2.31. The molecular formula is C12H14FN3O4. The number of amides is 1. The summed E-state index contributed by atoms with van der Waals surface area (Å²) in [6.45, 7) is 0.295. The van der Waals surface area contributed by atoms with Crippen LogP contribution in [0.2, 0.25) is 0 Å². The number of benzene rings is 1. The molecule has 8 heteroatoms. The molecule has 1 fully saturated rings. The van der Waals surface area contributed by atoms with Crippen molar-refractivity contribution in [2.24, 2.45) is 5.73 Å². The molecule has 0 radical (unpaired) electrons. The second kappa shape index (κ2) is 5.93. The summed E-state index contributed by atoms with van der Waals surface area (Å²) in [5.74, 6) is -1.46. The van der Waals surface area contributed by atoms with Crippen molar-refractivity contribution in [3.63, 3.8) is 0 Å². The number of anilines is 1. The number of carbonyl (C=O) groups is 1. The van der Waals surface area contributed by atoms with Crippen molar-refractivity contribution in [3.8, 4) is 0 Å². The van der Waals surface area contributed by atoms with Crippen molar-refractivity contribution in [2.45, 2.75) is 25.0 Å². The number of carbonyl (C=O) groups excluding carboxylic acids is 1. The maximum atomic E-state index is 13.6. The Hall–Kier alpha value is -2.06. The van der Waals surface area contributed by atoms with Crippen LogP contribution in [0.4, 0.5) is 15.8 Å². The van der Waals surface area contributed by atoms with Gasteiger partial charge in [0.25, 0.3) is 11.6 Å². The molecule has 2 rings (SSSR count). The molecule has 0 aromatic heterocycles. The van der Waals surface area contributed by atoms with Crippen LogP contribution < -0.4 is 11.1 Å². The Morgan fingerprint density at radius 3 is 2.90 bits per heavy atom. The fourth-order valence-corrected chi connectivity index (χ4v) is 2.06. The standard InChI is InChI=1S/C12H14FN3O4/c13-8-2-1-3-9(16(18)19)11(8)15-12(17)10-5-4-7(6-14)20-10/h1-3,7,10H,4-6,14H2,(H,15,17). The number of ether oxygens (including phenoxy) is 1. The Balaban J connectivity index is 2.14. The van der Waals surface area contributed by atoms with Crippen LogP contribution in [0, 0.1) is 15.9 Å². The molecule has 0 aliphatic carbocycles. The Labute approximate surface area is 114 Å². The summed E-state index contributed by atoms with van der Waals surface area (Å²) in [5, 5.41) is 13.0. The predicted molar refractivity (Wildman–Crippen MR) is 68.6 cm³/mol. The maximum absolute atomic E-state index is 13.6. The molecule has 0 bridgehead atoms. The number of para-hydroxylation sites is 1. The molecule has 108 valence electrons. The number of rotatable bonds is 4. The summed E-state index contributed by atoms with van der Waals surface area (Å²) in [5.41, 5.74) is 4.49. The highest BCUT2D eigenvalue weighted by molar-refractivity contribution is 5.96. The van der Waals surface area contributed by atoms with E-state index in [9.17, 15) is 19.3 Å². The van der Waals surface area contributed by atoms with E-state index in [1.54, 1.807) is 0 Å². The van der Waals surface area contributed by atoms with Gasteiger partial charge in [-0.25, -0.2) is 4.39 Å². The van der Waals surface area contributed by atoms with E-state index >= 15 is 0 Å². The summed E-state index contributed by atoms with van der Waals surface area (Å²) in [4.78, 5) is 22.0. The van der Waals surface area contributed by atoms with Crippen molar-refractivity contribution in [3.05, 3.63) is 34.1 Å². The smallest absolute Gasteiger partial charge is 0.295 e. The van der Waals surface area contributed by atoms with Crippen molar-refractivity contribution < 1.29 is 18.8 Å². The third kappa shape index (κ3) is 2.91. The molecule has 0 spiro atoms. The first kappa shape index (κ1) is 14.4. The monoisotopic (exact) mass is 283 g/mol. The van der Waals surface area contributed by atoms with E-state index in [4.69, 9.17) is 10.5 Å². The van der Waals surface area contributed by atoms with Crippen LogP contribution >= 0.6 is 0 Å². The molecule has 0 saturated carbocycles. The highest BCUT2D eigenvalue weighted by Crippen LogP contribution is 2.28. The van der Waals surface area contributed by atoms with Gasteiger partial charge in [0.15, 0.2) is 11.5 Å². The van der Waals surface area contributed by atoms with Crippen LogP contribution in [0.25, 0.3) is 0 Å². The molecule has 7 nitrogen and oxygen atoms in total. The second-order valence-corrected chi connectivity index (χ2v) is 4.44. The van der Waals surface area contributed by atoms with E-state index in [-0.39, 0.29) is 6.10 Å². The SMILES string of the molecule is NCC1CCC(C(=O)Nc2c(F)cccc2[N+](=O)[O-])O1. The molecule has 1 amide bonds. The van der Waals surface area contributed by atoms with Crippen LogP contribution in [0.3, 0.4) is 0 Å². The van der Waals surface area contributed by atoms with Crippen LogP contribution in [0.1, 0.15) is 12.8 Å². The molecule has 1 aromatic rings. The molecule has 1 heterocycles. The molecule has 20 heavy (non-hydrogen) atoms. The van der Waals surface area contributed by atoms with Crippen LogP contribution in [0.5, 0.6) is 0 Å². The zero-order valence-corrected chi connectivity index (χ0v) is 10.5. The lowest BCUT2D eigenvalue weighted by molar-refractivity contribution is -0.384. The molecule has 1 aliphatic heterocycles. The van der Waals surface area contributed by atoms with Gasteiger partial charge in [-0.1, -0.05) is 6.07 Å².